The van der Waals surface area contributed by atoms with Crippen molar-refractivity contribution in [3.8, 4) is 0 Å². The van der Waals surface area contributed by atoms with Crippen molar-refractivity contribution in [2.75, 3.05) is 26.2 Å². The maximum Gasteiger partial charge on any atom is 0.255 e. The molecule has 0 spiro atoms. The number of hydrogen-bond acceptors (Lipinski definition) is 2. The molecule has 0 bridgehead atoms. The monoisotopic (exact) mass is 404 g/mol. The molecule has 1 fully saturated rings. The minimum atomic E-state index is -0.146. The van der Waals surface area contributed by atoms with Crippen LogP contribution in [0.4, 0.5) is 0 Å². The Morgan fingerprint density at radius 2 is 1.56 bits per heavy atom. The smallest absolute Gasteiger partial charge is 0.255 e. The van der Waals surface area contributed by atoms with E-state index in [1.54, 1.807) is 23.1 Å². The van der Waals surface area contributed by atoms with Crippen LogP contribution in [0.15, 0.2) is 48.5 Å². The van der Waals surface area contributed by atoms with Crippen molar-refractivity contribution in [2.24, 2.45) is 0 Å². The molecule has 2 aromatic rings. The predicted octanol–water partition coefficient (Wildman–Crippen LogP) is 4.47. The second kappa shape index (κ2) is 8.77. The highest BCUT2D eigenvalue weighted by Gasteiger charge is 2.27. The highest BCUT2D eigenvalue weighted by molar-refractivity contribution is 6.43. The lowest BCUT2D eigenvalue weighted by atomic mass is 9.97. The van der Waals surface area contributed by atoms with E-state index >= 15 is 0 Å². The zero-order valence-corrected chi connectivity index (χ0v) is 16.7. The molecule has 0 saturated carbocycles. The van der Waals surface area contributed by atoms with E-state index in [0.717, 1.165) is 5.56 Å². The maximum atomic E-state index is 12.7. The zero-order chi connectivity index (χ0) is 19.4. The molecule has 4 nitrogen and oxygen atoms in total. The number of halogens is 2. The van der Waals surface area contributed by atoms with Crippen LogP contribution in [-0.2, 0) is 4.79 Å². The quantitative estimate of drug-likeness (QED) is 0.753. The third kappa shape index (κ3) is 4.63. The van der Waals surface area contributed by atoms with Crippen molar-refractivity contribution in [2.45, 2.75) is 19.3 Å². The van der Waals surface area contributed by atoms with Crippen LogP contribution in [0.3, 0.4) is 0 Å². The molecule has 0 unspecified atom stereocenters. The van der Waals surface area contributed by atoms with Crippen LogP contribution < -0.4 is 0 Å². The molecule has 6 heteroatoms. The average Bonchev–Trinajstić information content (AvgIpc) is 2.70. The lowest BCUT2D eigenvalue weighted by molar-refractivity contribution is -0.133. The van der Waals surface area contributed by atoms with E-state index in [9.17, 15) is 9.59 Å². The van der Waals surface area contributed by atoms with Crippen LogP contribution in [0.2, 0.25) is 10.0 Å². The maximum absolute atomic E-state index is 12.7. The fraction of sp³-hybridized carbons (Fsp3) is 0.333. The first-order valence-electron chi connectivity index (χ1n) is 9.03. The minimum Gasteiger partial charge on any atom is -0.339 e. The van der Waals surface area contributed by atoms with Crippen LogP contribution >= 0.6 is 23.2 Å². The topological polar surface area (TPSA) is 40.6 Å². The summed E-state index contributed by atoms with van der Waals surface area (Å²) in [6.45, 7) is 4.11. The van der Waals surface area contributed by atoms with Gasteiger partial charge in [0.15, 0.2) is 0 Å². The average molecular weight is 405 g/mol. The van der Waals surface area contributed by atoms with Gasteiger partial charge in [0, 0.05) is 32.6 Å². The first-order valence-corrected chi connectivity index (χ1v) is 9.79. The molecule has 0 aromatic heterocycles. The molecule has 1 heterocycles. The SMILES string of the molecule is C[C@H](CC(=O)N1CCN(C(=O)c2cccc(Cl)c2Cl)CC1)c1ccccc1. The van der Waals surface area contributed by atoms with Crippen molar-refractivity contribution in [3.63, 3.8) is 0 Å². The Morgan fingerprint density at radius 1 is 0.926 bits per heavy atom. The van der Waals surface area contributed by atoms with Crippen molar-refractivity contribution in [3.05, 3.63) is 69.7 Å². The van der Waals surface area contributed by atoms with E-state index in [1.165, 1.54) is 0 Å². The molecule has 0 radical (unpaired) electrons. The molecular weight excluding hydrogens is 383 g/mol. The predicted molar refractivity (Wildman–Crippen MR) is 108 cm³/mol. The number of carbonyl (C=O) groups is 2. The van der Waals surface area contributed by atoms with E-state index in [0.29, 0.717) is 43.2 Å². The van der Waals surface area contributed by atoms with Crippen LogP contribution in [0.25, 0.3) is 0 Å². The first kappa shape index (κ1) is 19.7. The van der Waals surface area contributed by atoms with E-state index < -0.39 is 0 Å². The van der Waals surface area contributed by atoms with Gasteiger partial charge in [0.1, 0.15) is 0 Å². The van der Waals surface area contributed by atoms with Gasteiger partial charge in [-0.15, -0.1) is 0 Å². The summed E-state index contributed by atoms with van der Waals surface area (Å²) < 4.78 is 0. The normalized spacial score (nSPS) is 15.5. The minimum absolute atomic E-state index is 0.124. The number of benzene rings is 2. The number of hydrogen-bond donors (Lipinski definition) is 0. The standard InChI is InChI=1S/C21H22Cl2N2O2/c1-15(16-6-3-2-4-7-16)14-19(26)24-10-12-25(13-11-24)21(27)17-8-5-9-18(22)20(17)23/h2-9,15H,10-14H2,1H3/t15-/m1/s1. The molecule has 1 aliphatic heterocycles. The van der Waals surface area contributed by atoms with Gasteiger partial charge in [-0.3, -0.25) is 9.59 Å². The van der Waals surface area contributed by atoms with Gasteiger partial charge in [0.2, 0.25) is 5.91 Å². The Hall–Kier alpha value is -2.04. The van der Waals surface area contributed by atoms with Gasteiger partial charge in [0.05, 0.1) is 15.6 Å². The molecule has 3 rings (SSSR count). The second-order valence-corrected chi connectivity index (χ2v) is 7.58. The van der Waals surface area contributed by atoms with Crippen LogP contribution in [0.5, 0.6) is 0 Å². The summed E-state index contributed by atoms with van der Waals surface area (Å²) in [5.74, 6) is 0.148. The van der Waals surface area contributed by atoms with Gasteiger partial charge in [-0.2, -0.15) is 0 Å². The summed E-state index contributed by atoms with van der Waals surface area (Å²) in [4.78, 5) is 28.9. The van der Waals surface area contributed by atoms with Gasteiger partial charge in [0.25, 0.3) is 5.91 Å². The number of rotatable bonds is 4. The van der Waals surface area contributed by atoms with Crippen LogP contribution in [0.1, 0.15) is 35.2 Å². The van der Waals surface area contributed by atoms with E-state index in [-0.39, 0.29) is 22.8 Å². The van der Waals surface area contributed by atoms with Gasteiger partial charge in [-0.25, -0.2) is 0 Å². The highest BCUT2D eigenvalue weighted by atomic mass is 35.5. The molecule has 0 aliphatic carbocycles. The summed E-state index contributed by atoms with van der Waals surface area (Å²) in [5.41, 5.74) is 1.57. The lowest BCUT2D eigenvalue weighted by Gasteiger charge is -2.35. The third-order valence-corrected chi connectivity index (χ3v) is 5.77. The van der Waals surface area contributed by atoms with Gasteiger partial charge < -0.3 is 9.80 Å². The number of amides is 2. The molecule has 2 amide bonds. The second-order valence-electron chi connectivity index (χ2n) is 6.79. The molecule has 1 atom stereocenters. The molecule has 0 N–H and O–H groups in total. The summed E-state index contributed by atoms with van der Waals surface area (Å²) in [6.07, 6.45) is 0.470. The molecule has 142 valence electrons. The first-order chi connectivity index (χ1) is 13.0. The van der Waals surface area contributed by atoms with E-state index in [2.05, 4.69) is 6.92 Å². The Labute approximate surface area is 169 Å². The molecule has 27 heavy (non-hydrogen) atoms. The highest BCUT2D eigenvalue weighted by Crippen LogP contribution is 2.27. The Bertz CT molecular complexity index is 818. The fourth-order valence-corrected chi connectivity index (χ4v) is 3.67. The molecule has 1 aliphatic rings. The van der Waals surface area contributed by atoms with Gasteiger partial charge >= 0.3 is 0 Å². The number of nitrogens with zero attached hydrogens (tertiary/aromatic N) is 2. The van der Waals surface area contributed by atoms with Crippen molar-refractivity contribution < 1.29 is 9.59 Å². The van der Waals surface area contributed by atoms with Gasteiger partial charge in [-0.1, -0.05) is 66.5 Å². The number of piperazine rings is 1. The molecule has 1 saturated heterocycles. The molecular formula is C21H22Cl2N2O2. The summed E-state index contributed by atoms with van der Waals surface area (Å²) in [6, 6.07) is 15.1. The third-order valence-electron chi connectivity index (χ3n) is 4.95. The Balaban J connectivity index is 1.56. The largest absolute Gasteiger partial charge is 0.339 e. The summed E-state index contributed by atoms with van der Waals surface area (Å²) >= 11 is 12.2. The van der Waals surface area contributed by atoms with Crippen molar-refractivity contribution in [1.29, 1.82) is 0 Å². The van der Waals surface area contributed by atoms with Gasteiger partial charge in [-0.05, 0) is 23.6 Å². The fourth-order valence-electron chi connectivity index (χ4n) is 3.29. The Morgan fingerprint density at radius 3 is 2.22 bits per heavy atom. The lowest BCUT2D eigenvalue weighted by Crippen LogP contribution is -2.50. The van der Waals surface area contributed by atoms with Crippen LogP contribution in [-0.4, -0.2) is 47.8 Å². The van der Waals surface area contributed by atoms with E-state index in [1.807, 2.05) is 35.2 Å². The van der Waals surface area contributed by atoms with E-state index in [4.69, 9.17) is 23.2 Å². The summed E-state index contributed by atoms with van der Waals surface area (Å²) in [7, 11) is 0. The molecule has 2 aromatic carbocycles. The summed E-state index contributed by atoms with van der Waals surface area (Å²) in [5, 5.41) is 0.644. The number of carbonyl (C=O) groups excluding carboxylic acids is 2. The zero-order valence-electron chi connectivity index (χ0n) is 15.2. The Kier molecular flexibility index (Phi) is 6.40. The van der Waals surface area contributed by atoms with Crippen molar-refractivity contribution in [1.82, 2.24) is 9.80 Å². The van der Waals surface area contributed by atoms with Crippen LogP contribution in [0, 0.1) is 0 Å². The van der Waals surface area contributed by atoms with Crippen molar-refractivity contribution >= 4 is 35.0 Å².